The van der Waals surface area contributed by atoms with E-state index in [2.05, 4.69) is 17.4 Å². The van der Waals surface area contributed by atoms with Crippen molar-refractivity contribution < 1.29 is 66.1 Å². The van der Waals surface area contributed by atoms with Crippen LogP contribution in [0.4, 0.5) is 4.79 Å². The van der Waals surface area contributed by atoms with Gasteiger partial charge in [-0.2, -0.15) is 11.8 Å². The Balaban J connectivity index is 0.00000264. The molecule has 0 aromatic heterocycles. The fourth-order valence-electron chi connectivity index (χ4n) is 2.62. The molecule has 1 N–H and O–H groups in total. The number of thioether (sulfide) groups is 1. The molecule has 1 unspecified atom stereocenters. The number of urea groups is 1. The largest absolute Gasteiger partial charge is 1.00 e. The third-order valence-electron chi connectivity index (χ3n) is 3.63. The summed E-state index contributed by atoms with van der Waals surface area (Å²) in [5.74, 6) is -0.198. The van der Waals surface area contributed by atoms with E-state index in [4.69, 9.17) is 0 Å². The number of aryl methyl sites for hydroxylation is 1. The number of benzene rings is 1. The van der Waals surface area contributed by atoms with E-state index in [0.717, 1.165) is 12.2 Å². The second-order valence-corrected chi connectivity index (χ2v) is 6.60. The van der Waals surface area contributed by atoms with Gasteiger partial charge in [0.05, 0.1) is 12.5 Å². The summed E-state index contributed by atoms with van der Waals surface area (Å²) in [4.78, 5) is 24.1. The van der Waals surface area contributed by atoms with Gasteiger partial charge in [0.15, 0.2) is 0 Å². The van der Waals surface area contributed by atoms with Crippen LogP contribution in [0.1, 0.15) is 29.7 Å². The van der Waals surface area contributed by atoms with E-state index in [-0.39, 0.29) is 69.2 Å². The van der Waals surface area contributed by atoms with Crippen molar-refractivity contribution in [3.63, 3.8) is 0 Å². The number of nitrogens with one attached hydrogen (secondary N) is 1. The fraction of sp³-hybridized carbons (Fsp3) is 0.500. The summed E-state index contributed by atoms with van der Waals surface area (Å²) in [6.45, 7) is 2.46. The van der Waals surface area contributed by atoms with Crippen molar-refractivity contribution in [2.75, 3.05) is 25.4 Å². The van der Waals surface area contributed by atoms with Gasteiger partial charge in [0.1, 0.15) is 0 Å². The standard InChI is InChI=1S/C16H22N2O3S.K/c1-2-8-18(11-15(19)20)16(21)17-10-14-13-6-4-3-5-12(13)7-9-22-14;/h3-6,14H,2,7-11H2,1H3,(H,17,21)(H,19,20);/q;+1/p-1. The summed E-state index contributed by atoms with van der Waals surface area (Å²) in [7, 11) is 0. The monoisotopic (exact) mass is 360 g/mol. The molecule has 1 aliphatic heterocycles. The maximum absolute atomic E-state index is 12.1. The Bertz CT molecular complexity index is 542. The number of nitrogens with zero attached hydrogens (tertiary/aromatic N) is 1. The van der Waals surface area contributed by atoms with E-state index in [0.29, 0.717) is 19.5 Å². The molecular weight excluding hydrogens is 339 g/mol. The topological polar surface area (TPSA) is 72.5 Å². The average molecular weight is 361 g/mol. The molecule has 0 aliphatic carbocycles. The molecular formula is C16H21KN2O3S. The molecule has 7 heteroatoms. The van der Waals surface area contributed by atoms with Crippen LogP contribution in [0.2, 0.25) is 0 Å². The molecule has 2 amide bonds. The number of carboxylic acid groups (broad SMARTS) is 1. The fourth-order valence-corrected chi connectivity index (χ4v) is 3.85. The SMILES string of the molecule is CCCN(CC(=O)[O-])C(=O)NCC1SCCc2ccccc21.[K+]. The molecule has 1 heterocycles. The van der Waals surface area contributed by atoms with Crippen LogP contribution in [0, 0.1) is 0 Å². The van der Waals surface area contributed by atoms with Crippen LogP contribution in [0.25, 0.3) is 0 Å². The first-order valence-corrected chi connectivity index (χ1v) is 8.58. The predicted octanol–water partition coefficient (Wildman–Crippen LogP) is -1.81. The van der Waals surface area contributed by atoms with Crippen molar-refractivity contribution in [3.05, 3.63) is 35.4 Å². The molecule has 5 nitrogen and oxygen atoms in total. The van der Waals surface area contributed by atoms with Gasteiger partial charge < -0.3 is 20.1 Å². The predicted molar refractivity (Wildman–Crippen MR) is 85.6 cm³/mol. The van der Waals surface area contributed by atoms with Crippen LogP contribution in [0.3, 0.4) is 0 Å². The van der Waals surface area contributed by atoms with Crippen LogP contribution in [-0.4, -0.2) is 42.3 Å². The Morgan fingerprint density at radius 2 is 2.13 bits per heavy atom. The van der Waals surface area contributed by atoms with Crippen LogP contribution in [-0.2, 0) is 11.2 Å². The summed E-state index contributed by atoms with van der Waals surface area (Å²) in [6, 6.07) is 7.94. The smallest absolute Gasteiger partial charge is 0.548 e. The van der Waals surface area contributed by atoms with Crippen molar-refractivity contribution in [1.29, 1.82) is 0 Å². The molecule has 1 aliphatic rings. The van der Waals surface area contributed by atoms with Gasteiger partial charge in [0.25, 0.3) is 0 Å². The summed E-state index contributed by atoms with van der Waals surface area (Å²) in [5.41, 5.74) is 2.60. The van der Waals surface area contributed by atoms with E-state index >= 15 is 0 Å². The minimum atomic E-state index is -1.24. The molecule has 1 aromatic carbocycles. The summed E-state index contributed by atoms with van der Waals surface area (Å²) < 4.78 is 0. The van der Waals surface area contributed by atoms with E-state index < -0.39 is 5.97 Å². The van der Waals surface area contributed by atoms with Crippen LogP contribution >= 0.6 is 11.8 Å². The van der Waals surface area contributed by atoms with Crippen molar-refractivity contribution in [1.82, 2.24) is 10.2 Å². The van der Waals surface area contributed by atoms with Gasteiger partial charge >= 0.3 is 57.4 Å². The van der Waals surface area contributed by atoms with Crippen molar-refractivity contribution in [2.45, 2.75) is 25.0 Å². The van der Waals surface area contributed by atoms with E-state index in [9.17, 15) is 14.7 Å². The molecule has 0 spiro atoms. The summed E-state index contributed by atoms with van der Waals surface area (Å²) >= 11 is 1.82. The van der Waals surface area contributed by atoms with Gasteiger partial charge in [-0.25, -0.2) is 4.79 Å². The van der Waals surface area contributed by atoms with Crippen molar-refractivity contribution >= 4 is 23.8 Å². The molecule has 1 aromatic rings. The zero-order chi connectivity index (χ0) is 15.9. The second-order valence-electron chi connectivity index (χ2n) is 5.29. The zero-order valence-electron chi connectivity index (χ0n) is 13.7. The first kappa shape index (κ1) is 21.0. The molecule has 0 saturated heterocycles. The summed E-state index contributed by atoms with van der Waals surface area (Å²) in [5, 5.41) is 13.8. The Morgan fingerprint density at radius 1 is 1.39 bits per heavy atom. The Hall–Kier alpha value is -0.0536. The second kappa shape index (κ2) is 10.7. The molecule has 0 radical (unpaired) electrons. The number of fused-ring (bicyclic) bond motifs is 1. The first-order chi connectivity index (χ1) is 10.6. The first-order valence-electron chi connectivity index (χ1n) is 7.53. The van der Waals surface area contributed by atoms with Gasteiger partial charge in [0.2, 0.25) is 0 Å². The molecule has 0 saturated carbocycles. The minimum absolute atomic E-state index is 0. The minimum Gasteiger partial charge on any atom is -0.548 e. The third kappa shape index (κ3) is 6.40. The summed E-state index contributed by atoms with van der Waals surface area (Å²) in [6.07, 6.45) is 1.76. The molecule has 120 valence electrons. The van der Waals surface area contributed by atoms with Crippen LogP contribution in [0.15, 0.2) is 24.3 Å². The number of rotatable bonds is 6. The van der Waals surface area contributed by atoms with E-state index in [1.54, 1.807) is 0 Å². The number of aliphatic carboxylic acids is 1. The van der Waals surface area contributed by atoms with Gasteiger partial charge in [-0.15, -0.1) is 0 Å². The Morgan fingerprint density at radius 3 is 2.83 bits per heavy atom. The average Bonchev–Trinajstić information content (AvgIpc) is 2.51. The molecule has 1 atom stereocenters. The number of hydrogen-bond acceptors (Lipinski definition) is 4. The number of amides is 2. The third-order valence-corrected chi connectivity index (χ3v) is 4.89. The zero-order valence-corrected chi connectivity index (χ0v) is 17.6. The van der Waals surface area contributed by atoms with Crippen LogP contribution < -0.4 is 61.8 Å². The number of hydrogen-bond donors (Lipinski definition) is 1. The quantitative estimate of drug-likeness (QED) is 0.607. The maximum Gasteiger partial charge on any atom is 1.00 e. The van der Waals surface area contributed by atoms with Gasteiger partial charge in [-0.05, 0) is 29.7 Å². The van der Waals surface area contributed by atoms with Crippen molar-refractivity contribution in [2.24, 2.45) is 0 Å². The maximum atomic E-state index is 12.1. The van der Waals surface area contributed by atoms with Gasteiger partial charge in [0, 0.05) is 18.3 Å². The normalized spacial score (nSPS) is 16.0. The van der Waals surface area contributed by atoms with Gasteiger partial charge in [-0.1, -0.05) is 31.2 Å². The molecule has 0 bridgehead atoms. The molecule has 0 fully saturated rings. The van der Waals surface area contributed by atoms with E-state index in [1.807, 2.05) is 30.8 Å². The van der Waals surface area contributed by atoms with Crippen LogP contribution in [0.5, 0.6) is 0 Å². The number of carboxylic acids is 1. The Labute approximate surface area is 184 Å². The molecule has 23 heavy (non-hydrogen) atoms. The van der Waals surface area contributed by atoms with Crippen molar-refractivity contribution in [3.8, 4) is 0 Å². The number of carbonyl (C=O) groups excluding carboxylic acids is 2. The Kier molecular flexibility index (Phi) is 9.80. The molecule has 2 rings (SSSR count). The van der Waals surface area contributed by atoms with Gasteiger partial charge in [-0.3, -0.25) is 0 Å². The van der Waals surface area contributed by atoms with E-state index in [1.165, 1.54) is 16.0 Å². The number of carbonyl (C=O) groups is 2.